The van der Waals surface area contributed by atoms with E-state index in [9.17, 15) is 9.59 Å². The van der Waals surface area contributed by atoms with Gasteiger partial charge in [0.15, 0.2) is 0 Å². The SMILES string of the molecule is O=c1[nH]c(C2CCCCN2)c(Br)c(=O)[nH]1. The Morgan fingerprint density at radius 1 is 1.20 bits per heavy atom. The summed E-state index contributed by atoms with van der Waals surface area (Å²) >= 11 is 3.20. The van der Waals surface area contributed by atoms with E-state index >= 15 is 0 Å². The standard InChI is InChI=1S/C9H12BrN3O2/c10-6-7(5-3-1-2-4-11-5)12-9(15)13-8(6)14/h5,11H,1-4H2,(H2,12,13,14,15). The summed E-state index contributed by atoms with van der Waals surface area (Å²) in [7, 11) is 0. The van der Waals surface area contributed by atoms with Gasteiger partial charge in [-0.1, -0.05) is 6.42 Å². The number of H-pyrrole nitrogens is 2. The van der Waals surface area contributed by atoms with Gasteiger partial charge in [0, 0.05) is 6.04 Å². The first kappa shape index (κ1) is 10.6. The van der Waals surface area contributed by atoms with E-state index in [2.05, 4.69) is 31.2 Å². The van der Waals surface area contributed by atoms with Gasteiger partial charge < -0.3 is 10.3 Å². The van der Waals surface area contributed by atoms with Gasteiger partial charge in [-0.25, -0.2) is 4.79 Å². The van der Waals surface area contributed by atoms with Crippen LogP contribution in [-0.4, -0.2) is 16.5 Å². The van der Waals surface area contributed by atoms with Gasteiger partial charge in [0.25, 0.3) is 5.56 Å². The van der Waals surface area contributed by atoms with Crippen molar-refractivity contribution < 1.29 is 0 Å². The molecule has 0 spiro atoms. The van der Waals surface area contributed by atoms with Gasteiger partial charge in [0.05, 0.1) is 5.69 Å². The predicted molar refractivity (Wildman–Crippen MR) is 60.0 cm³/mol. The van der Waals surface area contributed by atoms with Crippen LogP contribution in [0, 0.1) is 0 Å². The highest BCUT2D eigenvalue weighted by molar-refractivity contribution is 9.10. The third kappa shape index (κ3) is 2.21. The number of aromatic amines is 2. The summed E-state index contributed by atoms with van der Waals surface area (Å²) in [6.45, 7) is 0.923. The molecule has 1 aromatic heterocycles. The van der Waals surface area contributed by atoms with Crippen molar-refractivity contribution in [2.45, 2.75) is 25.3 Å². The van der Waals surface area contributed by atoms with Crippen LogP contribution in [0.5, 0.6) is 0 Å². The van der Waals surface area contributed by atoms with Gasteiger partial charge in [-0.05, 0) is 35.3 Å². The third-order valence-electron chi connectivity index (χ3n) is 2.57. The topological polar surface area (TPSA) is 77.8 Å². The average Bonchev–Trinajstić information content (AvgIpc) is 2.24. The second-order valence-corrected chi connectivity index (χ2v) is 4.43. The van der Waals surface area contributed by atoms with E-state index in [4.69, 9.17) is 0 Å². The number of hydrogen-bond donors (Lipinski definition) is 3. The lowest BCUT2D eigenvalue weighted by Gasteiger charge is -2.23. The second kappa shape index (κ2) is 4.32. The van der Waals surface area contributed by atoms with Crippen LogP contribution in [0.15, 0.2) is 14.1 Å². The van der Waals surface area contributed by atoms with Crippen LogP contribution >= 0.6 is 15.9 Å². The maximum absolute atomic E-state index is 11.4. The molecule has 1 aromatic rings. The molecular formula is C9H12BrN3O2. The van der Waals surface area contributed by atoms with Crippen molar-refractivity contribution in [3.8, 4) is 0 Å². The maximum atomic E-state index is 11.4. The van der Waals surface area contributed by atoms with Gasteiger partial charge in [-0.2, -0.15) is 0 Å². The number of rotatable bonds is 1. The lowest BCUT2D eigenvalue weighted by Crippen LogP contribution is -2.33. The molecule has 5 nitrogen and oxygen atoms in total. The molecule has 0 radical (unpaired) electrons. The van der Waals surface area contributed by atoms with Crippen LogP contribution in [0.3, 0.4) is 0 Å². The Hall–Kier alpha value is -0.880. The molecule has 82 valence electrons. The Bertz CT molecular complexity index is 459. The quantitative estimate of drug-likeness (QED) is 0.703. The minimum absolute atomic E-state index is 0.0723. The van der Waals surface area contributed by atoms with Crippen LogP contribution < -0.4 is 16.6 Å². The zero-order chi connectivity index (χ0) is 10.8. The van der Waals surface area contributed by atoms with E-state index in [-0.39, 0.29) is 11.6 Å². The van der Waals surface area contributed by atoms with E-state index in [1.165, 1.54) is 0 Å². The molecule has 3 N–H and O–H groups in total. The minimum Gasteiger partial charge on any atom is -0.309 e. The van der Waals surface area contributed by atoms with Crippen molar-refractivity contribution in [2.75, 3.05) is 6.54 Å². The molecule has 1 atom stereocenters. The molecule has 0 amide bonds. The number of halogens is 1. The van der Waals surface area contributed by atoms with Crippen LogP contribution in [0.4, 0.5) is 0 Å². The Balaban J connectivity index is 2.42. The van der Waals surface area contributed by atoms with Crippen LogP contribution in [0.2, 0.25) is 0 Å². The maximum Gasteiger partial charge on any atom is 0.326 e. The van der Waals surface area contributed by atoms with E-state index in [0.717, 1.165) is 25.8 Å². The van der Waals surface area contributed by atoms with E-state index in [1.807, 2.05) is 0 Å². The minimum atomic E-state index is -0.453. The lowest BCUT2D eigenvalue weighted by atomic mass is 10.0. The molecule has 1 fully saturated rings. The Kier molecular flexibility index (Phi) is 3.06. The van der Waals surface area contributed by atoms with Crippen molar-refractivity contribution in [2.24, 2.45) is 0 Å². The first-order chi connectivity index (χ1) is 7.18. The van der Waals surface area contributed by atoms with Crippen LogP contribution in [0.25, 0.3) is 0 Å². The summed E-state index contributed by atoms with van der Waals surface area (Å²) < 4.78 is 0.418. The van der Waals surface area contributed by atoms with Crippen molar-refractivity contribution in [1.82, 2.24) is 15.3 Å². The predicted octanol–water partition coefficient (Wildman–Crippen LogP) is 0.640. The molecule has 15 heavy (non-hydrogen) atoms. The zero-order valence-electron chi connectivity index (χ0n) is 8.10. The second-order valence-electron chi connectivity index (χ2n) is 3.64. The van der Waals surface area contributed by atoms with E-state index < -0.39 is 5.69 Å². The summed E-state index contributed by atoms with van der Waals surface area (Å²) in [5.41, 5.74) is -0.171. The molecule has 2 rings (SSSR count). The Labute approximate surface area is 94.4 Å². The van der Waals surface area contributed by atoms with Gasteiger partial charge >= 0.3 is 5.69 Å². The molecule has 1 aliphatic rings. The van der Waals surface area contributed by atoms with Crippen molar-refractivity contribution >= 4 is 15.9 Å². The molecule has 0 bridgehead atoms. The molecule has 0 aliphatic carbocycles. The normalized spacial score (nSPS) is 21.5. The molecule has 0 saturated carbocycles. The van der Waals surface area contributed by atoms with Crippen molar-refractivity contribution in [1.29, 1.82) is 0 Å². The van der Waals surface area contributed by atoms with Crippen LogP contribution in [0.1, 0.15) is 31.0 Å². The summed E-state index contributed by atoms with van der Waals surface area (Å²) in [5, 5.41) is 3.28. The molecule has 1 unspecified atom stereocenters. The number of aromatic nitrogens is 2. The lowest BCUT2D eigenvalue weighted by molar-refractivity contribution is 0.402. The van der Waals surface area contributed by atoms with E-state index in [1.54, 1.807) is 0 Å². The van der Waals surface area contributed by atoms with Crippen LogP contribution in [-0.2, 0) is 0 Å². The molecule has 1 aliphatic heterocycles. The Morgan fingerprint density at radius 3 is 2.67 bits per heavy atom. The summed E-state index contributed by atoms with van der Waals surface area (Å²) in [4.78, 5) is 27.3. The van der Waals surface area contributed by atoms with Gasteiger partial charge in [-0.3, -0.25) is 9.78 Å². The molecule has 6 heteroatoms. The summed E-state index contributed by atoms with van der Waals surface area (Å²) in [6, 6.07) is 0.0723. The monoisotopic (exact) mass is 273 g/mol. The Morgan fingerprint density at radius 2 is 2.00 bits per heavy atom. The number of nitrogens with one attached hydrogen (secondary N) is 3. The van der Waals surface area contributed by atoms with Gasteiger partial charge in [0.1, 0.15) is 4.47 Å². The fourth-order valence-electron chi connectivity index (χ4n) is 1.83. The highest BCUT2D eigenvalue weighted by atomic mass is 79.9. The third-order valence-corrected chi connectivity index (χ3v) is 3.36. The number of hydrogen-bond acceptors (Lipinski definition) is 3. The van der Waals surface area contributed by atoms with Gasteiger partial charge in [-0.15, -0.1) is 0 Å². The smallest absolute Gasteiger partial charge is 0.309 e. The average molecular weight is 274 g/mol. The number of piperidine rings is 1. The van der Waals surface area contributed by atoms with Gasteiger partial charge in [0.2, 0.25) is 0 Å². The van der Waals surface area contributed by atoms with Crippen molar-refractivity contribution in [3.63, 3.8) is 0 Å². The fourth-order valence-corrected chi connectivity index (χ4v) is 2.30. The first-order valence-electron chi connectivity index (χ1n) is 4.94. The van der Waals surface area contributed by atoms with E-state index in [0.29, 0.717) is 10.2 Å². The summed E-state index contributed by atoms with van der Waals surface area (Å²) in [5.74, 6) is 0. The largest absolute Gasteiger partial charge is 0.326 e. The molecule has 0 aromatic carbocycles. The molecule has 1 saturated heterocycles. The molecular weight excluding hydrogens is 262 g/mol. The van der Waals surface area contributed by atoms with Crippen molar-refractivity contribution in [3.05, 3.63) is 31.0 Å². The zero-order valence-corrected chi connectivity index (χ0v) is 9.69. The fraction of sp³-hybridized carbons (Fsp3) is 0.556. The first-order valence-corrected chi connectivity index (χ1v) is 5.73. The summed E-state index contributed by atoms with van der Waals surface area (Å²) in [6.07, 6.45) is 3.19. The molecule has 2 heterocycles. The highest BCUT2D eigenvalue weighted by Crippen LogP contribution is 2.24. The highest BCUT2D eigenvalue weighted by Gasteiger charge is 2.19.